The molecule has 0 aliphatic carbocycles. The summed E-state index contributed by atoms with van der Waals surface area (Å²) in [6.07, 6.45) is 2.03. The molecule has 0 N–H and O–H groups in total. The summed E-state index contributed by atoms with van der Waals surface area (Å²) >= 11 is 5.22. The third-order valence-electron chi connectivity index (χ3n) is 2.36. The molecule has 0 saturated carbocycles. The fraction of sp³-hybridized carbons (Fsp3) is 0. The van der Waals surface area contributed by atoms with Gasteiger partial charge in [-0.05, 0) is 45.6 Å². The van der Waals surface area contributed by atoms with E-state index in [-0.39, 0.29) is 0 Å². The van der Waals surface area contributed by atoms with Crippen LogP contribution in [0.2, 0.25) is 0 Å². The van der Waals surface area contributed by atoms with Crippen LogP contribution in [-0.2, 0) is 0 Å². The summed E-state index contributed by atoms with van der Waals surface area (Å²) in [5.74, 6) is 0. The molecule has 2 heterocycles. The maximum atomic E-state index is 4.13. The first-order valence-electron chi connectivity index (χ1n) is 5.06. The Morgan fingerprint density at radius 3 is 2.94 bits per heavy atom. The van der Waals surface area contributed by atoms with Gasteiger partial charge in [-0.25, -0.2) is 4.68 Å². The fourth-order valence-corrected chi connectivity index (χ4v) is 2.89. The van der Waals surface area contributed by atoms with Crippen LogP contribution in [0.3, 0.4) is 0 Å². The summed E-state index contributed by atoms with van der Waals surface area (Å²) in [7, 11) is 0. The summed E-state index contributed by atoms with van der Waals surface area (Å²) in [6.45, 7) is 0. The number of aromatic nitrogens is 3. The second kappa shape index (κ2) is 4.43. The molecular weight excluding hydrogens is 298 g/mol. The number of para-hydroxylation sites is 1. The van der Waals surface area contributed by atoms with Crippen molar-refractivity contribution in [2.75, 3.05) is 0 Å². The van der Waals surface area contributed by atoms with Crippen molar-refractivity contribution < 1.29 is 0 Å². The highest BCUT2D eigenvalue weighted by Crippen LogP contribution is 2.23. The lowest BCUT2D eigenvalue weighted by atomic mass is 10.3. The Balaban J connectivity index is 2.10. The van der Waals surface area contributed by atoms with Gasteiger partial charge in [-0.1, -0.05) is 23.4 Å². The standard InChI is InChI=1S/C12H8BrN3S/c13-12(8-9-4-3-7-17-9)16-11-6-2-1-5-10(11)14-15-16/h1-8H. The maximum Gasteiger partial charge on any atom is 0.113 e. The van der Waals surface area contributed by atoms with E-state index in [0.29, 0.717) is 0 Å². The highest BCUT2D eigenvalue weighted by Gasteiger charge is 2.05. The molecule has 0 atom stereocenters. The van der Waals surface area contributed by atoms with E-state index in [1.54, 1.807) is 16.0 Å². The van der Waals surface area contributed by atoms with Crippen LogP contribution in [0, 0.1) is 0 Å². The van der Waals surface area contributed by atoms with E-state index in [4.69, 9.17) is 0 Å². The van der Waals surface area contributed by atoms with Crippen LogP contribution in [0.1, 0.15) is 4.88 Å². The minimum absolute atomic E-state index is 0.883. The average Bonchev–Trinajstić information content (AvgIpc) is 2.96. The predicted molar refractivity (Wildman–Crippen MR) is 74.9 cm³/mol. The lowest BCUT2D eigenvalue weighted by Gasteiger charge is -1.99. The van der Waals surface area contributed by atoms with Gasteiger partial charge in [0.2, 0.25) is 0 Å². The Morgan fingerprint density at radius 1 is 1.24 bits per heavy atom. The molecule has 1 aromatic carbocycles. The molecule has 0 unspecified atom stereocenters. The van der Waals surface area contributed by atoms with Gasteiger partial charge < -0.3 is 0 Å². The largest absolute Gasteiger partial charge is 0.206 e. The third kappa shape index (κ3) is 2.03. The highest BCUT2D eigenvalue weighted by molar-refractivity contribution is 9.15. The smallest absolute Gasteiger partial charge is 0.113 e. The number of thiophene rings is 1. The molecule has 0 saturated heterocycles. The topological polar surface area (TPSA) is 30.7 Å². The number of halogens is 1. The molecule has 2 aromatic heterocycles. The van der Waals surface area contributed by atoms with Crippen molar-refractivity contribution >= 4 is 49.0 Å². The summed E-state index contributed by atoms with van der Waals surface area (Å²) in [4.78, 5) is 1.18. The molecule has 0 aliphatic rings. The van der Waals surface area contributed by atoms with Gasteiger partial charge in [0.05, 0.1) is 5.52 Å². The molecular formula is C12H8BrN3S. The first-order chi connectivity index (χ1) is 8.34. The molecule has 0 spiro atoms. The molecule has 0 fully saturated rings. The summed E-state index contributed by atoms with van der Waals surface area (Å²) in [5, 5.41) is 10.3. The zero-order valence-electron chi connectivity index (χ0n) is 8.75. The Hall–Kier alpha value is -1.46. The van der Waals surface area contributed by atoms with Crippen molar-refractivity contribution in [1.29, 1.82) is 0 Å². The zero-order valence-corrected chi connectivity index (χ0v) is 11.1. The molecule has 3 rings (SSSR count). The highest BCUT2D eigenvalue weighted by atomic mass is 79.9. The molecule has 0 amide bonds. The van der Waals surface area contributed by atoms with Crippen LogP contribution in [0.25, 0.3) is 21.7 Å². The molecule has 17 heavy (non-hydrogen) atoms. The second-order valence-corrected chi connectivity index (χ2v) is 5.26. The minimum atomic E-state index is 0.883. The van der Waals surface area contributed by atoms with Gasteiger partial charge in [-0.2, -0.15) is 0 Å². The van der Waals surface area contributed by atoms with Crippen molar-refractivity contribution in [1.82, 2.24) is 15.0 Å². The molecule has 0 aliphatic heterocycles. The summed E-state index contributed by atoms with van der Waals surface area (Å²) in [5.41, 5.74) is 1.89. The maximum absolute atomic E-state index is 4.13. The van der Waals surface area contributed by atoms with Gasteiger partial charge in [0.1, 0.15) is 10.1 Å². The Labute approximate surface area is 111 Å². The van der Waals surface area contributed by atoms with Gasteiger partial charge in [-0.15, -0.1) is 16.4 Å². The van der Waals surface area contributed by atoms with Gasteiger partial charge in [0.25, 0.3) is 0 Å². The molecule has 84 valence electrons. The van der Waals surface area contributed by atoms with Gasteiger partial charge in [0, 0.05) is 4.88 Å². The quantitative estimate of drug-likeness (QED) is 0.720. The van der Waals surface area contributed by atoms with Crippen LogP contribution >= 0.6 is 27.3 Å². The Bertz CT molecular complexity index is 670. The van der Waals surface area contributed by atoms with E-state index < -0.39 is 0 Å². The van der Waals surface area contributed by atoms with Gasteiger partial charge in [0.15, 0.2) is 0 Å². The van der Waals surface area contributed by atoms with Crippen LogP contribution in [0.15, 0.2) is 41.8 Å². The second-order valence-electron chi connectivity index (χ2n) is 3.47. The predicted octanol–water partition coefficient (Wildman–Crippen LogP) is 3.84. The first-order valence-corrected chi connectivity index (χ1v) is 6.73. The summed E-state index contributed by atoms with van der Waals surface area (Å²) in [6, 6.07) is 12.0. The Morgan fingerprint density at radius 2 is 2.12 bits per heavy atom. The minimum Gasteiger partial charge on any atom is -0.206 e. The van der Waals surface area contributed by atoms with Crippen LogP contribution in [0.4, 0.5) is 0 Å². The lowest BCUT2D eigenvalue weighted by Crippen LogP contribution is -1.93. The number of fused-ring (bicyclic) bond motifs is 1. The van der Waals surface area contributed by atoms with Crippen molar-refractivity contribution in [3.8, 4) is 0 Å². The number of rotatable bonds is 2. The van der Waals surface area contributed by atoms with Crippen LogP contribution < -0.4 is 0 Å². The van der Waals surface area contributed by atoms with Gasteiger partial charge in [-0.3, -0.25) is 0 Å². The lowest BCUT2D eigenvalue weighted by molar-refractivity contribution is 0.859. The molecule has 0 bridgehead atoms. The number of benzene rings is 1. The van der Waals surface area contributed by atoms with E-state index in [2.05, 4.69) is 32.3 Å². The SMILES string of the molecule is BrC(=Cc1cccs1)n1nnc2ccccc21. The number of nitrogens with zero attached hydrogens (tertiary/aromatic N) is 3. The molecule has 3 nitrogen and oxygen atoms in total. The van der Waals surface area contributed by atoms with E-state index in [1.807, 2.05) is 41.8 Å². The van der Waals surface area contributed by atoms with E-state index in [1.165, 1.54) is 4.88 Å². The first kappa shape index (κ1) is 10.7. The number of hydrogen-bond donors (Lipinski definition) is 0. The fourth-order valence-electron chi connectivity index (χ4n) is 1.58. The van der Waals surface area contributed by atoms with E-state index in [0.717, 1.165) is 15.6 Å². The zero-order chi connectivity index (χ0) is 11.7. The van der Waals surface area contributed by atoms with E-state index >= 15 is 0 Å². The van der Waals surface area contributed by atoms with Crippen molar-refractivity contribution in [2.45, 2.75) is 0 Å². The van der Waals surface area contributed by atoms with Gasteiger partial charge >= 0.3 is 0 Å². The van der Waals surface area contributed by atoms with E-state index in [9.17, 15) is 0 Å². The average molecular weight is 306 g/mol. The van der Waals surface area contributed by atoms with Crippen LogP contribution in [-0.4, -0.2) is 15.0 Å². The van der Waals surface area contributed by atoms with Crippen LogP contribution in [0.5, 0.6) is 0 Å². The monoisotopic (exact) mass is 305 g/mol. The third-order valence-corrected chi connectivity index (χ3v) is 3.74. The van der Waals surface area contributed by atoms with Crippen molar-refractivity contribution in [3.63, 3.8) is 0 Å². The molecule has 5 heteroatoms. The normalized spacial score (nSPS) is 12.2. The van der Waals surface area contributed by atoms with Crippen molar-refractivity contribution in [2.24, 2.45) is 0 Å². The number of hydrogen-bond acceptors (Lipinski definition) is 3. The van der Waals surface area contributed by atoms with Crippen molar-refractivity contribution in [3.05, 3.63) is 46.7 Å². The molecule has 0 radical (unpaired) electrons. The Kier molecular flexibility index (Phi) is 2.78. The summed E-state index contributed by atoms with van der Waals surface area (Å²) < 4.78 is 2.67. The molecule has 3 aromatic rings.